The van der Waals surface area contributed by atoms with Gasteiger partial charge in [-0.1, -0.05) is 30.3 Å². The lowest BCUT2D eigenvalue weighted by molar-refractivity contribution is -0.132. The molecule has 2 aromatic carbocycles. The number of carbonyl (C=O) groups excluding carboxylic acids is 2. The van der Waals surface area contributed by atoms with Crippen LogP contribution in [0.5, 0.6) is 0 Å². The number of piperidine rings is 1. The summed E-state index contributed by atoms with van der Waals surface area (Å²) in [5, 5.41) is 6.07. The maximum Gasteiger partial charge on any atom is 0.224 e. The fraction of sp³-hybridized carbons (Fsp3) is 0.304. The zero-order valence-corrected chi connectivity index (χ0v) is 17.3. The fourth-order valence-electron chi connectivity index (χ4n) is 4.11. The van der Waals surface area contributed by atoms with Crippen molar-refractivity contribution in [1.29, 1.82) is 0 Å². The Labute approximate surface area is 178 Å². The average Bonchev–Trinajstić information content (AvgIpc) is 3.41. The third-order valence-corrected chi connectivity index (χ3v) is 6.86. The van der Waals surface area contributed by atoms with Crippen molar-refractivity contribution in [2.75, 3.05) is 13.1 Å². The van der Waals surface area contributed by atoms with Crippen molar-refractivity contribution in [3.05, 3.63) is 59.7 Å². The highest BCUT2D eigenvalue weighted by Gasteiger charge is 2.29. The summed E-state index contributed by atoms with van der Waals surface area (Å²) in [5.74, 6) is 0.191. The molecule has 2 aromatic heterocycles. The Morgan fingerprint density at radius 3 is 2.63 bits per heavy atom. The monoisotopic (exact) mass is 418 g/mol. The van der Waals surface area contributed by atoms with Gasteiger partial charge in [-0.2, -0.15) is 5.10 Å². The van der Waals surface area contributed by atoms with E-state index in [-0.39, 0.29) is 17.6 Å². The number of para-hydroxylation sites is 2. The number of nitrogens with zero attached hydrogens (tertiary/aromatic N) is 4. The zero-order valence-electron chi connectivity index (χ0n) is 16.5. The topological polar surface area (TPSA) is 68.1 Å². The Balaban J connectivity index is 1.17. The number of hydrogen-bond acceptors (Lipinski definition) is 5. The molecule has 5 rings (SSSR count). The van der Waals surface area contributed by atoms with E-state index in [0.29, 0.717) is 43.9 Å². The number of hydrogen-bond donors (Lipinski definition) is 0. The van der Waals surface area contributed by atoms with E-state index in [0.717, 1.165) is 21.1 Å². The maximum absolute atomic E-state index is 12.9. The molecule has 7 heteroatoms. The van der Waals surface area contributed by atoms with Crippen molar-refractivity contribution in [1.82, 2.24) is 19.7 Å². The lowest BCUT2D eigenvalue weighted by atomic mass is 9.92. The predicted octanol–water partition coefficient (Wildman–Crippen LogP) is 4.16. The number of Topliss-reactive ketones (excluding diaryl/α,β-unsaturated/α-hetero) is 1. The van der Waals surface area contributed by atoms with Gasteiger partial charge in [0, 0.05) is 30.8 Å². The SMILES string of the molecule is O=C(c1nc2ccccc2s1)C1CCN(C(=O)CCn2ncc3ccccc32)CC1. The Hall–Kier alpha value is -3.06. The van der Waals surface area contributed by atoms with Crippen LogP contribution in [0.4, 0.5) is 0 Å². The van der Waals surface area contributed by atoms with Gasteiger partial charge in [-0.3, -0.25) is 14.3 Å². The van der Waals surface area contributed by atoms with Gasteiger partial charge in [-0.05, 0) is 31.0 Å². The Morgan fingerprint density at radius 2 is 1.80 bits per heavy atom. The highest BCUT2D eigenvalue weighted by atomic mass is 32.1. The van der Waals surface area contributed by atoms with Crippen LogP contribution in [0, 0.1) is 5.92 Å². The van der Waals surface area contributed by atoms with E-state index >= 15 is 0 Å². The van der Waals surface area contributed by atoms with Gasteiger partial charge in [-0.25, -0.2) is 4.98 Å². The Bertz CT molecular complexity index is 1190. The standard InChI is InChI=1S/C23H22N4O2S/c28-21(11-14-27-19-7-3-1-5-17(19)15-24-27)26-12-9-16(10-13-26)22(29)23-25-18-6-2-4-8-20(18)30-23/h1-8,15-16H,9-14H2. The smallest absolute Gasteiger partial charge is 0.224 e. The minimum atomic E-state index is -0.0512. The van der Waals surface area contributed by atoms with Gasteiger partial charge in [0.1, 0.15) is 0 Å². The molecule has 0 atom stereocenters. The third-order valence-electron chi connectivity index (χ3n) is 5.81. The number of likely N-dealkylation sites (tertiary alicyclic amines) is 1. The average molecular weight is 419 g/mol. The van der Waals surface area contributed by atoms with Gasteiger partial charge >= 0.3 is 0 Å². The van der Waals surface area contributed by atoms with Crippen molar-refractivity contribution in [2.45, 2.75) is 25.8 Å². The first kappa shape index (κ1) is 18.9. The molecule has 0 radical (unpaired) electrons. The highest BCUT2D eigenvalue weighted by Crippen LogP contribution is 2.27. The summed E-state index contributed by atoms with van der Waals surface area (Å²) < 4.78 is 2.93. The summed E-state index contributed by atoms with van der Waals surface area (Å²) in [7, 11) is 0. The number of rotatable bonds is 5. The second-order valence-corrected chi connectivity index (χ2v) is 8.71. The highest BCUT2D eigenvalue weighted by molar-refractivity contribution is 7.20. The van der Waals surface area contributed by atoms with Crippen molar-refractivity contribution < 1.29 is 9.59 Å². The summed E-state index contributed by atoms with van der Waals surface area (Å²) in [5.41, 5.74) is 1.93. The summed E-state index contributed by atoms with van der Waals surface area (Å²) in [6.07, 6.45) is 3.65. The molecule has 1 fully saturated rings. The maximum atomic E-state index is 12.9. The first-order valence-corrected chi connectivity index (χ1v) is 11.1. The van der Waals surface area contributed by atoms with Crippen molar-refractivity contribution in [2.24, 2.45) is 5.92 Å². The predicted molar refractivity (Wildman–Crippen MR) is 118 cm³/mol. The molecule has 0 saturated carbocycles. The molecule has 0 unspecified atom stereocenters. The van der Waals surface area contributed by atoms with Crippen LogP contribution in [0.3, 0.4) is 0 Å². The number of ketones is 1. The minimum Gasteiger partial charge on any atom is -0.343 e. The number of aromatic nitrogens is 3. The molecule has 6 nitrogen and oxygen atoms in total. The number of carbonyl (C=O) groups is 2. The van der Waals surface area contributed by atoms with Crippen LogP contribution in [-0.2, 0) is 11.3 Å². The van der Waals surface area contributed by atoms with E-state index in [2.05, 4.69) is 10.1 Å². The molecule has 0 aliphatic carbocycles. The van der Waals surface area contributed by atoms with Crippen LogP contribution >= 0.6 is 11.3 Å². The van der Waals surface area contributed by atoms with Crippen LogP contribution in [0.1, 0.15) is 29.1 Å². The summed E-state index contributed by atoms with van der Waals surface area (Å²) in [4.78, 5) is 32.0. The molecule has 0 N–H and O–H groups in total. The van der Waals surface area contributed by atoms with Crippen LogP contribution < -0.4 is 0 Å². The first-order valence-electron chi connectivity index (χ1n) is 10.3. The zero-order chi connectivity index (χ0) is 20.5. The summed E-state index contributed by atoms with van der Waals surface area (Å²) >= 11 is 1.46. The molecule has 0 spiro atoms. The summed E-state index contributed by atoms with van der Waals surface area (Å²) in [6.45, 7) is 1.82. The molecule has 0 bridgehead atoms. The van der Waals surface area contributed by atoms with E-state index in [1.54, 1.807) is 0 Å². The van der Waals surface area contributed by atoms with E-state index in [4.69, 9.17) is 0 Å². The lowest BCUT2D eigenvalue weighted by Crippen LogP contribution is -2.40. The van der Waals surface area contributed by atoms with Crippen molar-refractivity contribution >= 4 is 44.1 Å². The molecule has 1 aliphatic rings. The molecule has 30 heavy (non-hydrogen) atoms. The number of aryl methyl sites for hydroxylation is 1. The Kier molecular flexibility index (Phi) is 5.04. The number of amides is 1. The second-order valence-electron chi connectivity index (χ2n) is 7.68. The number of benzene rings is 2. The lowest BCUT2D eigenvalue weighted by Gasteiger charge is -2.31. The van der Waals surface area contributed by atoms with E-state index < -0.39 is 0 Å². The molecule has 1 saturated heterocycles. The van der Waals surface area contributed by atoms with Gasteiger partial charge < -0.3 is 4.90 Å². The van der Waals surface area contributed by atoms with Crippen LogP contribution in [0.15, 0.2) is 54.7 Å². The second kappa shape index (κ2) is 7.99. The van der Waals surface area contributed by atoms with Gasteiger partial charge in [0.05, 0.1) is 28.5 Å². The molecule has 3 heterocycles. The van der Waals surface area contributed by atoms with Crippen LogP contribution in [0.25, 0.3) is 21.1 Å². The molecule has 1 aliphatic heterocycles. The van der Waals surface area contributed by atoms with Crippen LogP contribution in [-0.4, -0.2) is 44.4 Å². The largest absolute Gasteiger partial charge is 0.343 e. The molecule has 152 valence electrons. The molecular weight excluding hydrogens is 396 g/mol. The normalized spacial score (nSPS) is 15.1. The van der Waals surface area contributed by atoms with E-state index in [9.17, 15) is 9.59 Å². The third kappa shape index (κ3) is 3.61. The van der Waals surface area contributed by atoms with E-state index in [1.807, 2.05) is 64.3 Å². The molecular formula is C23H22N4O2S. The fourth-order valence-corrected chi connectivity index (χ4v) is 5.09. The van der Waals surface area contributed by atoms with Gasteiger partial charge in [0.2, 0.25) is 5.91 Å². The molecule has 4 aromatic rings. The first-order chi connectivity index (χ1) is 14.7. The van der Waals surface area contributed by atoms with Gasteiger partial charge in [0.25, 0.3) is 0 Å². The van der Waals surface area contributed by atoms with Crippen molar-refractivity contribution in [3.63, 3.8) is 0 Å². The quantitative estimate of drug-likeness (QED) is 0.457. The van der Waals surface area contributed by atoms with Gasteiger partial charge in [-0.15, -0.1) is 11.3 Å². The number of fused-ring (bicyclic) bond motifs is 2. The minimum absolute atomic E-state index is 0.0512. The summed E-state index contributed by atoms with van der Waals surface area (Å²) in [6, 6.07) is 15.8. The van der Waals surface area contributed by atoms with Crippen LogP contribution in [0.2, 0.25) is 0 Å². The Morgan fingerprint density at radius 1 is 1.03 bits per heavy atom. The van der Waals surface area contributed by atoms with E-state index in [1.165, 1.54) is 11.3 Å². The van der Waals surface area contributed by atoms with Crippen molar-refractivity contribution in [3.8, 4) is 0 Å². The van der Waals surface area contributed by atoms with Gasteiger partial charge in [0.15, 0.2) is 10.8 Å². The number of thiazole rings is 1. The molecule has 1 amide bonds.